The van der Waals surface area contributed by atoms with Gasteiger partial charge in [0.05, 0.1) is 0 Å². The van der Waals surface area contributed by atoms with Crippen LogP contribution in [0.15, 0.2) is 47.1 Å². The van der Waals surface area contributed by atoms with Crippen molar-refractivity contribution < 1.29 is 9.53 Å². The van der Waals surface area contributed by atoms with E-state index in [0.717, 1.165) is 42.4 Å². The summed E-state index contributed by atoms with van der Waals surface area (Å²) in [6.07, 6.45) is 7.67. The molecule has 1 aromatic carbocycles. The van der Waals surface area contributed by atoms with Crippen LogP contribution < -0.4 is 20.3 Å². The van der Waals surface area contributed by atoms with Gasteiger partial charge < -0.3 is 20.3 Å². The van der Waals surface area contributed by atoms with Crippen molar-refractivity contribution in [3.05, 3.63) is 52.6 Å². The smallest absolute Gasteiger partial charge is 0.315 e. The van der Waals surface area contributed by atoms with Crippen molar-refractivity contribution >= 4 is 27.6 Å². The van der Waals surface area contributed by atoms with Crippen LogP contribution in [0.5, 0.6) is 5.88 Å². The molecule has 0 radical (unpaired) electrons. The maximum atomic E-state index is 12.3. The fraction of sp³-hybridized carbons (Fsp3) is 0.478. The number of hydrogen-bond donors (Lipinski definition) is 2. The molecule has 0 bridgehead atoms. The molecule has 2 fully saturated rings. The minimum atomic E-state index is -0.147. The van der Waals surface area contributed by atoms with Gasteiger partial charge in [-0.2, -0.15) is 0 Å². The first kappa shape index (κ1) is 21.0. The standard InChI is InChI=1S/C23H29BrN4O2/c24-19-6-3-7-20(13-19)28-12-10-17(16-28)14-26-23(29)27-15-18-5-4-11-25-22(18)30-21-8-1-2-9-21/h3-7,11,13,17,21H,1-2,8-10,12,14-16H2,(H2,26,27,29). The van der Waals surface area contributed by atoms with Crippen LogP contribution in [0.1, 0.15) is 37.7 Å². The normalized spacial score (nSPS) is 19.1. The molecular formula is C23H29BrN4O2. The molecule has 2 aromatic rings. The van der Waals surface area contributed by atoms with E-state index in [0.29, 0.717) is 24.9 Å². The highest BCUT2D eigenvalue weighted by Gasteiger charge is 2.23. The van der Waals surface area contributed by atoms with E-state index in [2.05, 4.69) is 54.6 Å². The second-order valence-corrected chi connectivity index (χ2v) is 9.05. The number of amides is 2. The fourth-order valence-electron chi connectivity index (χ4n) is 4.21. The SMILES string of the molecule is O=C(NCc1cccnc1OC1CCCC1)NCC1CCN(c2cccc(Br)c2)C1. The lowest BCUT2D eigenvalue weighted by Gasteiger charge is -2.19. The van der Waals surface area contributed by atoms with Gasteiger partial charge in [-0.1, -0.05) is 28.1 Å². The molecule has 30 heavy (non-hydrogen) atoms. The Hall–Kier alpha value is -2.28. The maximum Gasteiger partial charge on any atom is 0.315 e. The number of benzene rings is 1. The zero-order valence-corrected chi connectivity index (χ0v) is 18.7. The molecule has 1 saturated carbocycles. The summed E-state index contributed by atoms with van der Waals surface area (Å²) in [6.45, 7) is 3.06. The number of carbonyl (C=O) groups excluding carboxylic acids is 1. The van der Waals surface area contributed by atoms with E-state index in [-0.39, 0.29) is 12.1 Å². The van der Waals surface area contributed by atoms with E-state index in [4.69, 9.17) is 4.74 Å². The molecule has 1 aliphatic carbocycles. The molecule has 2 heterocycles. The third-order valence-electron chi connectivity index (χ3n) is 5.88. The Bertz CT molecular complexity index is 857. The minimum absolute atomic E-state index is 0.147. The second-order valence-electron chi connectivity index (χ2n) is 8.14. The van der Waals surface area contributed by atoms with Crippen LogP contribution >= 0.6 is 15.9 Å². The molecule has 7 heteroatoms. The number of halogens is 1. The monoisotopic (exact) mass is 472 g/mol. The molecule has 1 aromatic heterocycles. The summed E-state index contributed by atoms with van der Waals surface area (Å²) < 4.78 is 7.14. The number of carbonyl (C=O) groups is 1. The molecule has 4 rings (SSSR count). The molecule has 0 spiro atoms. The van der Waals surface area contributed by atoms with Gasteiger partial charge in [-0.25, -0.2) is 9.78 Å². The number of nitrogens with zero attached hydrogens (tertiary/aromatic N) is 2. The van der Waals surface area contributed by atoms with E-state index in [1.165, 1.54) is 18.5 Å². The number of ether oxygens (including phenoxy) is 1. The van der Waals surface area contributed by atoms with Crippen molar-refractivity contribution in [3.63, 3.8) is 0 Å². The third kappa shape index (κ3) is 5.65. The van der Waals surface area contributed by atoms with E-state index in [1.807, 2.05) is 18.2 Å². The van der Waals surface area contributed by atoms with Crippen molar-refractivity contribution in [2.45, 2.75) is 44.8 Å². The number of nitrogens with one attached hydrogen (secondary N) is 2. The van der Waals surface area contributed by atoms with Gasteiger partial charge in [0.2, 0.25) is 5.88 Å². The summed E-state index contributed by atoms with van der Waals surface area (Å²) in [5.41, 5.74) is 2.14. The van der Waals surface area contributed by atoms with Crippen LogP contribution in [0.25, 0.3) is 0 Å². The molecule has 1 aliphatic heterocycles. The van der Waals surface area contributed by atoms with Gasteiger partial charge in [-0.15, -0.1) is 0 Å². The first-order valence-electron chi connectivity index (χ1n) is 10.8. The van der Waals surface area contributed by atoms with Crippen molar-refractivity contribution in [2.24, 2.45) is 5.92 Å². The van der Waals surface area contributed by atoms with Crippen LogP contribution in [0.3, 0.4) is 0 Å². The van der Waals surface area contributed by atoms with E-state index >= 15 is 0 Å². The third-order valence-corrected chi connectivity index (χ3v) is 6.37. The van der Waals surface area contributed by atoms with Crippen LogP contribution in [0, 0.1) is 5.92 Å². The number of urea groups is 1. The minimum Gasteiger partial charge on any atom is -0.474 e. The number of rotatable bonds is 7. The maximum absolute atomic E-state index is 12.3. The number of anilines is 1. The Morgan fingerprint density at radius 2 is 2.03 bits per heavy atom. The van der Waals surface area contributed by atoms with Gasteiger partial charge in [-0.05, 0) is 62.3 Å². The van der Waals surface area contributed by atoms with Gasteiger partial charge in [0, 0.05) is 48.1 Å². The predicted octanol–water partition coefficient (Wildman–Crippen LogP) is 4.49. The summed E-state index contributed by atoms with van der Waals surface area (Å²) in [7, 11) is 0. The lowest BCUT2D eigenvalue weighted by molar-refractivity contribution is 0.198. The van der Waals surface area contributed by atoms with Crippen molar-refractivity contribution in [3.8, 4) is 5.88 Å². The Balaban J connectivity index is 1.21. The fourth-order valence-corrected chi connectivity index (χ4v) is 4.60. The molecule has 1 saturated heterocycles. The summed E-state index contributed by atoms with van der Waals surface area (Å²) in [4.78, 5) is 19.1. The zero-order chi connectivity index (χ0) is 20.8. The van der Waals surface area contributed by atoms with Crippen molar-refractivity contribution in [1.82, 2.24) is 15.6 Å². The predicted molar refractivity (Wildman–Crippen MR) is 122 cm³/mol. The lowest BCUT2D eigenvalue weighted by atomic mass is 10.1. The lowest BCUT2D eigenvalue weighted by Crippen LogP contribution is -2.38. The molecule has 1 atom stereocenters. The average molecular weight is 473 g/mol. The van der Waals surface area contributed by atoms with E-state index < -0.39 is 0 Å². The Morgan fingerprint density at radius 1 is 1.17 bits per heavy atom. The van der Waals surface area contributed by atoms with E-state index in [9.17, 15) is 4.79 Å². The Labute approximate surface area is 186 Å². The number of hydrogen-bond acceptors (Lipinski definition) is 4. The highest BCUT2D eigenvalue weighted by atomic mass is 79.9. The summed E-state index contributed by atoms with van der Waals surface area (Å²) in [6, 6.07) is 12.1. The zero-order valence-electron chi connectivity index (χ0n) is 17.1. The summed E-state index contributed by atoms with van der Waals surface area (Å²) in [5, 5.41) is 5.97. The highest BCUT2D eigenvalue weighted by Crippen LogP contribution is 2.26. The average Bonchev–Trinajstić information content (AvgIpc) is 3.44. The molecule has 6 nitrogen and oxygen atoms in total. The molecule has 2 aliphatic rings. The molecule has 1 unspecified atom stereocenters. The quantitative estimate of drug-likeness (QED) is 0.622. The topological polar surface area (TPSA) is 66.5 Å². The first-order valence-corrected chi connectivity index (χ1v) is 11.6. The van der Waals surface area contributed by atoms with Gasteiger partial charge in [0.1, 0.15) is 6.10 Å². The summed E-state index contributed by atoms with van der Waals surface area (Å²) >= 11 is 3.53. The summed E-state index contributed by atoms with van der Waals surface area (Å²) in [5.74, 6) is 1.10. The van der Waals surface area contributed by atoms with Crippen LogP contribution in [0.4, 0.5) is 10.5 Å². The van der Waals surface area contributed by atoms with Gasteiger partial charge >= 0.3 is 6.03 Å². The van der Waals surface area contributed by atoms with Crippen molar-refractivity contribution in [1.29, 1.82) is 0 Å². The number of aromatic nitrogens is 1. The van der Waals surface area contributed by atoms with Crippen LogP contribution in [-0.2, 0) is 6.54 Å². The molecule has 2 N–H and O–H groups in total. The van der Waals surface area contributed by atoms with Crippen LogP contribution in [-0.4, -0.2) is 36.8 Å². The Kier molecular flexibility index (Phi) is 7.10. The molecule has 2 amide bonds. The molecule has 160 valence electrons. The van der Waals surface area contributed by atoms with Gasteiger partial charge in [-0.3, -0.25) is 0 Å². The number of pyridine rings is 1. The molecular weight excluding hydrogens is 444 g/mol. The second kappa shape index (κ2) is 10.2. The largest absolute Gasteiger partial charge is 0.474 e. The van der Waals surface area contributed by atoms with Crippen LogP contribution in [0.2, 0.25) is 0 Å². The highest BCUT2D eigenvalue weighted by molar-refractivity contribution is 9.10. The van der Waals surface area contributed by atoms with Gasteiger partial charge in [0.15, 0.2) is 0 Å². The van der Waals surface area contributed by atoms with E-state index in [1.54, 1.807) is 6.20 Å². The van der Waals surface area contributed by atoms with Crippen molar-refractivity contribution in [2.75, 3.05) is 24.5 Å². The first-order chi connectivity index (χ1) is 14.7. The van der Waals surface area contributed by atoms with Gasteiger partial charge in [0.25, 0.3) is 0 Å². The Morgan fingerprint density at radius 3 is 2.87 bits per heavy atom.